The van der Waals surface area contributed by atoms with Gasteiger partial charge < -0.3 is 15.1 Å². The number of benzene rings is 1. The van der Waals surface area contributed by atoms with Crippen LogP contribution in [0.25, 0.3) is 0 Å². The molecule has 25 heavy (non-hydrogen) atoms. The molecule has 1 aliphatic heterocycles. The van der Waals surface area contributed by atoms with E-state index in [9.17, 15) is 9.59 Å². The maximum absolute atomic E-state index is 12.5. The number of aromatic nitrogens is 1. The van der Waals surface area contributed by atoms with E-state index in [0.717, 1.165) is 12.1 Å². The van der Waals surface area contributed by atoms with Crippen LogP contribution in [-0.4, -0.2) is 54.9 Å². The first-order valence-corrected chi connectivity index (χ1v) is 8.32. The van der Waals surface area contributed by atoms with Crippen LogP contribution in [0.5, 0.6) is 0 Å². The molecule has 1 aliphatic rings. The lowest BCUT2D eigenvalue weighted by atomic mass is 10.1. The smallest absolute Gasteiger partial charge is 0.254 e. The Balaban J connectivity index is 1.60. The van der Waals surface area contributed by atoms with Crippen molar-refractivity contribution in [2.45, 2.75) is 12.5 Å². The zero-order valence-electron chi connectivity index (χ0n) is 14.5. The Labute approximate surface area is 147 Å². The van der Waals surface area contributed by atoms with Gasteiger partial charge in [-0.1, -0.05) is 6.07 Å². The summed E-state index contributed by atoms with van der Waals surface area (Å²) in [5, 5.41) is 3.03. The number of nitrogens with zero attached hydrogens (tertiary/aromatic N) is 3. The molecule has 0 radical (unpaired) electrons. The first-order valence-electron chi connectivity index (χ1n) is 8.32. The molecule has 2 heterocycles. The number of amides is 2. The molecule has 3 rings (SSSR count). The Bertz CT molecular complexity index is 761. The molecule has 0 bridgehead atoms. The van der Waals surface area contributed by atoms with Crippen molar-refractivity contribution in [3.05, 3.63) is 59.9 Å². The van der Waals surface area contributed by atoms with Gasteiger partial charge in [0, 0.05) is 62.4 Å². The normalized spacial score (nSPS) is 16.6. The fourth-order valence-corrected chi connectivity index (χ4v) is 2.93. The largest absolute Gasteiger partial charge is 0.378 e. The fraction of sp³-hybridized carbons (Fsp3) is 0.316. The highest BCUT2D eigenvalue weighted by Gasteiger charge is 2.28. The summed E-state index contributed by atoms with van der Waals surface area (Å²) in [6, 6.07) is 10.9. The summed E-state index contributed by atoms with van der Waals surface area (Å²) in [4.78, 5) is 32.6. The third-order valence-corrected chi connectivity index (χ3v) is 4.36. The van der Waals surface area contributed by atoms with Crippen LogP contribution in [0, 0.1) is 0 Å². The van der Waals surface area contributed by atoms with E-state index in [2.05, 4.69) is 10.3 Å². The number of rotatable bonds is 4. The molecule has 1 aromatic carbocycles. The average molecular weight is 338 g/mol. The third kappa shape index (κ3) is 3.96. The number of anilines is 1. The first-order chi connectivity index (χ1) is 12.0. The summed E-state index contributed by atoms with van der Waals surface area (Å²) in [6.07, 6.45) is 3.98. The lowest BCUT2D eigenvalue weighted by Crippen LogP contribution is -2.38. The summed E-state index contributed by atoms with van der Waals surface area (Å²) in [6.45, 7) is 1.17. The van der Waals surface area contributed by atoms with E-state index in [1.54, 1.807) is 35.5 Å². The number of carbonyl (C=O) groups excluding carboxylic acids is 2. The van der Waals surface area contributed by atoms with E-state index in [-0.39, 0.29) is 17.9 Å². The second kappa shape index (κ2) is 7.34. The minimum Gasteiger partial charge on any atom is -0.378 e. The van der Waals surface area contributed by atoms with Crippen LogP contribution in [-0.2, 0) is 0 Å². The highest BCUT2D eigenvalue weighted by molar-refractivity contribution is 5.96. The molecule has 1 aromatic heterocycles. The van der Waals surface area contributed by atoms with Crippen molar-refractivity contribution in [1.29, 1.82) is 0 Å². The van der Waals surface area contributed by atoms with Gasteiger partial charge in [-0.05, 0) is 36.8 Å². The van der Waals surface area contributed by atoms with Crippen LogP contribution in [0.1, 0.15) is 27.1 Å². The molecule has 130 valence electrons. The summed E-state index contributed by atoms with van der Waals surface area (Å²) in [7, 11) is 3.88. The summed E-state index contributed by atoms with van der Waals surface area (Å²) in [5.41, 5.74) is 2.24. The van der Waals surface area contributed by atoms with Crippen molar-refractivity contribution in [3.63, 3.8) is 0 Å². The standard InChI is InChI=1S/C19H22N4O2/c1-22(2)17-5-3-4-15(12-17)18(24)21-16-8-11-23(13-16)19(25)14-6-9-20-10-7-14/h3-7,9-10,12,16H,8,11,13H2,1-2H3,(H,21,24)/t16-/m1/s1. The number of hydrogen-bond acceptors (Lipinski definition) is 4. The number of nitrogens with one attached hydrogen (secondary N) is 1. The van der Waals surface area contributed by atoms with Crippen molar-refractivity contribution in [1.82, 2.24) is 15.2 Å². The highest BCUT2D eigenvalue weighted by atomic mass is 16.2. The van der Waals surface area contributed by atoms with Gasteiger partial charge in [0.25, 0.3) is 11.8 Å². The van der Waals surface area contributed by atoms with E-state index in [4.69, 9.17) is 0 Å². The zero-order chi connectivity index (χ0) is 17.8. The number of hydrogen-bond donors (Lipinski definition) is 1. The first kappa shape index (κ1) is 17.0. The Kier molecular flexibility index (Phi) is 4.97. The van der Waals surface area contributed by atoms with E-state index < -0.39 is 0 Å². The van der Waals surface area contributed by atoms with Gasteiger partial charge in [-0.15, -0.1) is 0 Å². The minimum absolute atomic E-state index is 0.0197. The predicted molar refractivity (Wildman–Crippen MR) is 96.8 cm³/mol. The molecular formula is C19H22N4O2. The second-order valence-electron chi connectivity index (χ2n) is 6.39. The van der Waals surface area contributed by atoms with Gasteiger partial charge in [0.1, 0.15) is 0 Å². The molecule has 0 unspecified atom stereocenters. The molecule has 6 heteroatoms. The van der Waals surface area contributed by atoms with Crippen molar-refractivity contribution >= 4 is 17.5 Å². The fourth-order valence-electron chi connectivity index (χ4n) is 2.93. The zero-order valence-corrected chi connectivity index (χ0v) is 14.5. The third-order valence-electron chi connectivity index (χ3n) is 4.36. The predicted octanol–water partition coefficient (Wildman–Crippen LogP) is 1.79. The Hall–Kier alpha value is -2.89. The molecular weight excluding hydrogens is 316 g/mol. The topological polar surface area (TPSA) is 65.5 Å². The maximum atomic E-state index is 12.5. The molecule has 1 atom stereocenters. The molecule has 1 N–H and O–H groups in total. The van der Waals surface area contributed by atoms with E-state index in [0.29, 0.717) is 24.2 Å². The van der Waals surface area contributed by atoms with Crippen LogP contribution in [0.15, 0.2) is 48.8 Å². The molecule has 2 amide bonds. The van der Waals surface area contributed by atoms with Crippen molar-refractivity contribution in [2.75, 3.05) is 32.1 Å². The van der Waals surface area contributed by atoms with Gasteiger partial charge in [0.15, 0.2) is 0 Å². The Morgan fingerprint density at radius 3 is 2.64 bits per heavy atom. The lowest BCUT2D eigenvalue weighted by Gasteiger charge is -2.18. The molecule has 0 spiro atoms. The molecule has 1 fully saturated rings. The van der Waals surface area contributed by atoms with Gasteiger partial charge >= 0.3 is 0 Å². The minimum atomic E-state index is -0.105. The lowest BCUT2D eigenvalue weighted by molar-refractivity contribution is 0.0783. The van der Waals surface area contributed by atoms with Crippen LogP contribution < -0.4 is 10.2 Å². The number of pyridine rings is 1. The van der Waals surface area contributed by atoms with Crippen LogP contribution in [0.3, 0.4) is 0 Å². The van der Waals surface area contributed by atoms with E-state index in [1.807, 2.05) is 37.2 Å². The van der Waals surface area contributed by atoms with Crippen LogP contribution in [0.2, 0.25) is 0 Å². The van der Waals surface area contributed by atoms with E-state index in [1.165, 1.54) is 0 Å². The molecule has 0 aliphatic carbocycles. The van der Waals surface area contributed by atoms with Crippen molar-refractivity contribution < 1.29 is 9.59 Å². The number of carbonyl (C=O) groups is 2. The SMILES string of the molecule is CN(C)c1cccc(C(=O)N[C@@H]2CCN(C(=O)c3ccncc3)C2)c1. The summed E-state index contributed by atoms with van der Waals surface area (Å²) < 4.78 is 0. The van der Waals surface area contributed by atoms with Gasteiger partial charge in [-0.25, -0.2) is 0 Å². The Morgan fingerprint density at radius 2 is 1.92 bits per heavy atom. The quantitative estimate of drug-likeness (QED) is 0.923. The monoisotopic (exact) mass is 338 g/mol. The molecule has 6 nitrogen and oxygen atoms in total. The van der Waals surface area contributed by atoms with Gasteiger partial charge in [0.2, 0.25) is 0 Å². The number of likely N-dealkylation sites (tertiary alicyclic amines) is 1. The van der Waals surface area contributed by atoms with Gasteiger partial charge in [0.05, 0.1) is 0 Å². The average Bonchev–Trinajstić information content (AvgIpc) is 3.10. The van der Waals surface area contributed by atoms with Gasteiger partial charge in [-0.3, -0.25) is 14.6 Å². The van der Waals surface area contributed by atoms with Crippen molar-refractivity contribution in [3.8, 4) is 0 Å². The second-order valence-corrected chi connectivity index (χ2v) is 6.39. The van der Waals surface area contributed by atoms with Crippen LogP contribution >= 0.6 is 0 Å². The van der Waals surface area contributed by atoms with Crippen LogP contribution in [0.4, 0.5) is 5.69 Å². The maximum Gasteiger partial charge on any atom is 0.254 e. The molecule has 0 saturated carbocycles. The molecule has 1 saturated heterocycles. The highest BCUT2D eigenvalue weighted by Crippen LogP contribution is 2.16. The Morgan fingerprint density at radius 1 is 1.16 bits per heavy atom. The summed E-state index contributed by atoms with van der Waals surface area (Å²) in [5.74, 6) is -0.124. The summed E-state index contributed by atoms with van der Waals surface area (Å²) >= 11 is 0. The molecule has 2 aromatic rings. The van der Waals surface area contributed by atoms with Gasteiger partial charge in [-0.2, -0.15) is 0 Å². The van der Waals surface area contributed by atoms with Crippen molar-refractivity contribution in [2.24, 2.45) is 0 Å². The van der Waals surface area contributed by atoms with E-state index >= 15 is 0 Å².